The molecule has 1 aliphatic carbocycles. The molecule has 1 heteroatoms. The molecule has 0 saturated carbocycles. The molecule has 0 atom stereocenters. The monoisotopic (exact) mass is 228 g/mol. The summed E-state index contributed by atoms with van der Waals surface area (Å²) in [5.41, 5.74) is 4.87. The van der Waals surface area contributed by atoms with Crippen LogP contribution in [0.5, 0.6) is 0 Å². The van der Waals surface area contributed by atoms with Crippen molar-refractivity contribution in [1.82, 2.24) is 0 Å². The van der Waals surface area contributed by atoms with Gasteiger partial charge in [-0.3, -0.25) is 0 Å². The Morgan fingerprint density at radius 2 is 1.62 bits per heavy atom. The highest BCUT2D eigenvalue weighted by atomic mass is 32.1. The summed E-state index contributed by atoms with van der Waals surface area (Å²) in [5.74, 6) is 0. The van der Waals surface area contributed by atoms with Gasteiger partial charge in [-0.1, -0.05) is 69.9 Å². The van der Waals surface area contributed by atoms with E-state index in [2.05, 4.69) is 51.6 Å². The maximum Gasteiger partial charge on any atom is 0.0493 e. The second-order valence-corrected chi connectivity index (χ2v) is 5.58. The van der Waals surface area contributed by atoms with E-state index < -0.39 is 0 Å². The van der Waals surface area contributed by atoms with Gasteiger partial charge < -0.3 is 0 Å². The predicted molar refractivity (Wildman–Crippen MR) is 74.6 cm³/mol. The maximum absolute atomic E-state index is 5.40. The minimum Gasteiger partial charge on any atom is -0.0897 e. The molecule has 0 unspecified atom stereocenters. The highest BCUT2D eigenvalue weighted by Gasteiger charge is 2.35. The first-order chi connectivity index (χ1) is 7.43. The lowest BCUT2D eigenvalue weighted by molar-refractivity contribution is 0.524. The molecule has 0 saturated heterocycles. The highest BCUT2D eigenvalue weighted by molar-refractivity contribution is 7.81. The molecule has 0 nitrogen and oxygen atoms in total. The summed E-state index contributed by atoms with van der Waals surface area (Å²) < 4.78 is 0. The summed E-state index contributed by atoms with van der Waals surface area (Å²) in [4.78, 5) is 0.950. The van der Waals surface area contributed by atoms with Crippen LogP contribution in [0.25, 0.3) is 5.57 Å². The molecule has 0 fully saturated rings. The number of benzene rings is 1. The molecule has 0 amide bonds. The standard InChI is InChI=1S/C15H16S/c1-10-12(11-8-6-5-7-9-11)13(14(10)16)15(2,3)4/h5-9H,1H2,2-4H3. The van der Waals surface area contributed by atoms with Crippen molar-refractivity contribution in [2.75, 3.05) is 0 Å². The van der Waals surface area contributed by atoms with Gasteiger partial charge in [-0.25, -0.2) is 0 Å². The molecule has 0 spiro atoms. The molecule has 1 aromatic rings. The van der Waals surface area contributed by atoms with Crippen LogP contribution in [0.2, 0.25) is 0 Å². The van der Waals surface area contributed by atoms with Gasteiger partial charge in [0, 0.05) is 4.86 Å². The second kappa shape index (κ2) is 3.67. The second-order valence-electron chi connectivity index (χ2n) is 5.17. The first-order valence-corrected chi connectivity index (χ1v) is 5.88. The van der Waals surface area contributed by atoms with Crippen molar-refractivity contribution in [3.63, 3.8) is 0 Å². The quantitative estimate of drug-likeness (QED) is 0.506. The van der Waals surface area contributed by atoms with Gasteiger partial charge in [-0.2, -0.15) is 0 Å². The van der Waals surface area contributed by atoms with Crippen molar-refractivity contribution in [1.29, 1.82) is 0 Å². The molecule has 0 aliphatic heterocycles. The Morgan fingerprint density at radius 1 is 1.06 bits per heavy atom. The Labute approximate surface area is 103 Å². The third kappa shape index (κ3) is 1.65. The van der Waals surface area contributed by atoms with Crippen LogP contribution in [-0.2, 0) is 0 Å². The molecule has 82 valence electrons. The summed E-state index contributed by atoms with van der Waals surface area (Å²) in [6.07, 6.45) is 0. The molecule has 0 radical (unpaired) electrons. The van der Waals surface area contributed by atoms with Crippen molar-refractivity contribution < 1.29 is 0 Å². The summed E-state index contributed by atoms with van der Waals surface area (Å²) in [7, 11) is 0. The van der Waals surface area contributed by atoms with Crippen LogP contribution in [0.1, 0.15) is 26.3 Å². The molecule has 0 heterocycles. The zero-order valence-corrected chi connectivity index (χ0v) is 10.8. The van der Waals surface area contributed by atoms with Gasteiger partial charge in [0.2, 0.25) is 0 Å². The van der Waals surface area contributed by atoms with E-state index in [9.17, 15) is 0 Å². The fourth-order valence-electron chi connectivity index (χ4n) is 2.11. The summed E-state index contributed by atoms with van der Waals surface area (Å²) in [6.45, 7) is 10.7. The lowest BCUT2D eigenvalue weighted by atomic mass is 9.68. The van der Waals surface area contributed by atoms with E-state index in [0.717, 1.165) is 10.4 Å². The van der Waals surface area contributed by atoms with E-state index in [-0.39, 0.29) is 5.41 Å². The van der Waals surface area contributed by atoms with Gasteiger partial charge in [0.25, 0.3) is 0 Å². The molecule has 0 N–H and O–H groups in total. The molecule has 16 heavy (non-hydrogen) atoms. The molecule has 1 aliphatic rings. The smallest absolute Gasteiger partial charge is 0.0493 e. The third-order valence-electron chi connectivity index (χ3n) is 2.87. The normalized spacial score (nSPS) is 16.4. The zero-order chi connectivity index (χ0) is 11.9. The fourth-order valence-corrected chi connectivity index (χ4v) is 2.62. The van der Waals surface area contributed by atoms with Crippen molar-refractivity contribution >= 4 is 22.7 Å². The summed E-state index contributed by atoms with van der Waals surface area (Å²) in [6, 6.07) is 10.4. The number of allylic oxidation sites excluding steroid dienone is 3. The molecule has 0 aromatic heterocycles. The Balaban J connectivity index is 2.59. The average molecular weight is 228 g/mol. The molecular weight excluding hydrogens is 212 g/mol. The number of hydrogen-bond acceptors (Lipinski definition) is 1. The van der Waals surface area contributed by atoms with E-state index in [1.54, 1.807) is 0 Å². The molecule has 0 bridgehead atoms. The van der Waals surface area contributed by atoms with Crippen LogP contribution in [0.15, 0.2) is 48.1 Å². The van der Waals surface area contributed by atoms with Gasteiger partial charge in [0.05, 0.1) is 0 Å². The van der Waals surface area contributed by atoms with E-state index in [1.807, 2.05) is 6.07 Å². The van der Waals surface area contributed by atoms with Gasteiger partial charge >= 0.3 is 0 Å². The van der Waals surface area contributed by atoms with Crippen LogP contribution in [0.4, 0.5) is 0 Å². The van der Waals surface area contributed by atoms with Crippen molar-refractivity contribution in [3.8, 4) is 0 Å². The third-order valence-corrected chi connectivity index (χ3v) is 3.32. The number of hydrogen-bond donors (Lipinski definition) is 0. The Morgan fingerprint density at radius 3 is 2.12 bits per heavy atom. The first-order valence-electron chi connectivity index (χ1n) is 5.47. The zero-order valence-electron chi connectivity index (χ0n) is 10.0. The Hall–Kier alpha value is -1.21. The van der Waals surface area contributed by atoms with Crippen molar-refractivity contribution in [2.45, 2.75) is 20.8 Å². The van der Waals surface area contributed by atoms with E-state index in [1.165, 1.54) is 16.7 Å². The summed E-state index contributed by atoms with van der Waals surface area (Å²) in [5, 5.41) is 0. The SMILES string of the molecule is C=C1C(=S)C(C(C)(C)C)=C1c1ccccc1. The highest BCUT2D eigenvalue weighted by Crippen LogP contribution is 2.46. The Kier molecular flexibility index (Phi) is 2.59. The lowest BCUT2D eigenvalue weighted by Crippen LogP contribution is -2.28. The first kappa shape index (κ1) is 11.3. The summed E-state index contributed by atoms with van der Waals surface area (Å²) >= 11 is 5.40. The minimum atomic E-state index is 0.101. The van der Waals surface area contributed by atoms with E-state index in [0.29, 0.717) is 0 Å². The topological polar surface area (TPSA) is 0 Å². The van der Waals surface area contributed by atoms with Gasteiger partial charge in [-0.15, -0.1) is 0 Å². The maximum atomic E-state index is 5.40. The number of thiocarbonyl (C=S) groups is 1. The molecule has 1 aromatic carbocycles. The van der Waals surface area contributed by atoms with E-state index >= 15 is 0 Å². The van der Waals surface area contributed by atoms with Crippen LogP contribution in [-0.4, -0.2) is 4.86 Å². The largest absolute Gasteiger partial charge is 0.0897 e. The number of rotatable bonds is 1. The van der Waals surface area contributed by atoms with Gasteiger partial charge in [-0.05, 0) is 27.7 Å². The van der Waals surface area contributed by atoms with Gasteiger partial charge in [0.15, 0.2) is 0 Å². The van der Waals surface area contributed by atoms with Crippen molar-refractivity contribution in [2.24, 2.45) is 5.41 Å². The lowest BCUT2D eigenvalue weighted by Gasteiger charge is -2.36. The average Bonchev–Trinajstić information content (AvgIpc) is 2.23. The molecular formula is C15H16S. The van der Waals surface area contributed by atoms with Crippen LogP contribution in [0, 0.1) is 5.41 Å². The van der Waals surface area contributed by atoms with Crippen molar-refractivity contribution in [3.05, 3.63) is 53.6 Å². The Bertz CT molecular complexity index is 484. The minimum absolute atomic E-state index is 0.101. The fraction of sp³-hybridized carbons (Fsp3) is 0.267. The van der Waals surface area contributed by atoms with Gasteiger partial charge in [0.1, 0.15) is 0 Å². The molecule has 2 rings (SSSR count). The van der Waals surface area contributed by atoms with Crippen LogP contribution < -0.4 is 0 Å². The van der Waals surface area contributed by atoms with Crippen LogP contribution in [0.3, 0.4) is 0 Å². The van der Waals surface area contributed by atoms with Crippen LogP contribution >= 0.6 is 12.2 Å². The van der Waals surface area contributed by atoms with E-state index in [4.69, 9.17) is 12.2 Å². The predicted octanol–water partition coefficient (Wildman–Crippen LogP) is 4.43.